The van der Waals surface area contributed by atoms with E-state index in [1.54, 1.807) is 0 Å². The summed E-state index contributed by atoms with van der Waals surface area (Å²) in [6.07, 6.45) is 0.961. The van der Waals surface area contributed by atoms with Gasteiger partial charge in [0, 0.05) is 16.6 Å². The third kappa shape index (κ3) is 3.86. The van der Waals surface area contributed by atoms with Crippen LogP contribution in [0.1, 0.15) is 25.2 Å². The number of hydrogen-bond acceptors (Lipinski definition) is 5. The van der Waals surface area contributed by atoms with Crippen molar-refractivity contribution in [2.24, 2.45) is 5.73 Å². The summed E-state index contributed by atoms with van der Waals surface area (Å²) in [6.45, 7) is 3.13. The molecule has 19 heavy (non-hydrogen) atoms. The van der Waals surface area contributed by atoms with E-state index in [0.717, 1.165) is 16.5 Å². The Morgan fingerprint density at radius 2 is 2.11 bits per heavy atom. The monoisotopic (exact) mass is 325 g/mol. The second-order valence-corrected chi connectivity index (χ2v) is 5.06. The van der Waals surface area contributed by atoms with E-state index >= 15 is 0 Å². The Hall–Kier alpha value is -1.24. The zero-order chi connectivity index (χ0) is 13.7. The maximum atomic E-state index is 5.93. The van der Waals surface area contributed by atoms with E-state index in [1.807, 2.05) is 31.2 Å². The zero-order valence-electron chi connectivity index (χ0n) is 10.7. The summed E-state index contributed by atoms with van der Waals surface area (Å²) in [6, 6.07) is 7.29. The van der Waals surface area contributed by atoms with Crippen molar-refractivity contribution in [3.8, 4) is 11.5 Å². The lowest BCUT2D eigenvalue weighted by atomic mass is 10.2. The molecule has 0 aliphatic carbocycles. The minimum absolute atomic E-state index is 0.362. The average Bonchev–Trinajstić information content (AvgIpc) is 2.89. The highest BCUT2D eigenvalue weighted by atomic mass is 79.9. The van der Waals surface area contributed by atoms with Crippen LogP contribution in [0.15, 0.2) is 33.3 Å². The number of nitrogens with two attached hydrogens (primary N) is 1. The second kappa shape index (κ2) is 6.79. The molecule has 6 heteroatoms. The van der Waals surface area contributed by atoms with Gasteiger partial charge < -0.3 is 15.0 Å². The highest BCUT2D eigenvalue weighted by Gasteiger charge is 2.15. The molecular weight excluding hydrogens is 310 g/mol. The van der Waals surface area contributed by atoms with E-state index in [0.29, 0.717) is 24.9 Å². The highest BCUT2D eigenvalue weighted by Crippen LogP contribution is 2.21. The fourth-order valence-corrected chi connectivity index (χ4v) is 1.79. The lowest BCUT2D eigenvalue weighted by molar-refractivity contribution is 0.119. The summed E-state index contributed by atoms with van der Waals surface area (Å²) < 4.78 is 11.6. The number of rotatable bonds is 6. The highest BCUT2D eigenvalue weighted by molar-refractivity contribution is 9.10. The van der Waals surface area contributed by atoms with Gasteiger partial charge in [-0.05, 0) is 30.7 Å². The molecule has 1 aromatic carbocycles. The van der Waals surface area contributed by atoms with Gasteiger partial charge in [0.25, 0.3) is 5.89 Å². The van der Waals surface area contributed by atoms with Gasteiger partial charge in [0.05, 0.1) is 12.6 Å². The number of ether oxygens (including phenoxy) is 1. The molecule has 1 unspecified atom stereocenters. The van der Waals surface area contributed by atoms with Crippen molar-refractivity contribution in [1.82, 2.24) is 10.1 Å². The lowest BCUT2D eigenvalue weighted by Gasteiger charge is -2.06. The van der Waals surface area contributed by atoms with Crippen molar-refractivity contribution >= 4 is 15.9 Å². The van der Waals surface area contributed by atoms with Gasteiger partial charge in [0.15, 0.2) is 5.82 Å². The van der Waals surface area contributed by atoms with Crippen LogP contribution in [0.2, 0.25) is 0 Å². The minimum Gasteiger partial charge on any atom is -0.379 e. The van der Waals surface area contributed by atoms with Crippen LogP contribution in [-0.2, 0) is 4.74 Å². The molecule has 0 amide bonds. The molecular formula is C13H16BrN3O2. The first-order valence-electron chi connectivity index (χ1n) is 6.13. The molecule has 1 atom stereocenters. The van der Waals surface area contributed by atoms with Crippen LogP contribution in [0.5, 0.6) is 0 Å². The quantitative estimate of drug-likeness (QED) is 0.826. The van der Waals surface area contributed by atoms with Gasteiger partial charge >= 0.3 is 0 Å². The fraction of sp³-hybridized carbons (Fsp3) is 0.385. The SMILES string of the molecule is CCCOCC(N)c1noc(-c2ccc(Br)cc2)n1. The molecule has 5 nitrogen and oxygen atoms in total. The van der Waals surface area contributed by atoms with E-state index in [1.165, 1.54) is 0 Å². The summed E-state index contributed by atoms with van der Waals surface area (Å²) in [7, 11) is 0. The number of hydrogen-bond donors (Lipinski definition) is 1. The van der Waals surface area contributed by atoms with Crippen molar-refractivity contribution in [2.45, 2.75) is 19.4 Å². The van der Waals surface area contributed by atoms with Crippen LogP contribution in [-0.4, -0.2) is 23.4 Å². The Labute approximate surface area is 120 Å². The maximum absolute atomic E-state index is 5.93. The summed E-state index contributed by atoms with van der Waals surface area (Å²) in [5, 5.41) is 3.89. The minimum atomic E-state index is -0.362. The van der Waals surface area contributed by atoms with E-state index in [4.69, 9.17) is 15.0 Å². The van der Waals surface area contributed by atoms with Crippen molar-refractivity contribution in [3.05, 3.63) is 34.6 Å². The van der Waals surface area contributed by atoms with E-state index < -0.39 is 0 Å². The Bertz CT molecular complexity index is 513. The fourth-order valence-electron chi connectivity index (χ4n) is 1.52. The molecule has 0 radical (unpaired) electrons. The second-order valence-electron chi connectivity index (χ2n) is 4.15. The number of aromatic nitrogens is 2. The van der Waals surface area contributed by atoms with Crippen molar-refractivity contribution in [3.63, 3.8) is 0 Å². The topological polar surface area (TPSA) is 74.2 Å². The average molecular weight is 326 g/mol. The molecule has 1 heterocycles. The van der Waals surface area contributed by atoms with Crippen LogP contribution < -0.4 is 5.73 Å². The Morgan fingerprint density at radius 1 is 1.37 bits per heavy atom. The molecule has 0 saturated heterocycles. The largest absolute Gasteiger partial charge is 0.379 e. The Kier molecular flexibility index (Phi) is 5.07. The first-order chi connectivity index (χ1) is 9.20. The maximum Gasteiger partial charge on any atom is 0.257 e. The van der Waals surface area contributed by atoms with Gasteiger partial charge in [-0.3, -0.25) is 0 Å². The molecule has 2 aromatic rings. The molecule has 2 N–H and O–H groups in total. The van der Waals surface area contributed by atoms with Crippen LogP contribution in [0.3, 0.4) is 0 Å². The van der Waals surface area contributed by atoms with Gasteiger partial charge in [-0.15, -0.1) is 0 Å². The Balaban J connectivity index is 2.04. The first-order valence-corrected chi connectivity index (χ1v) is 6.93. The molecule has 0 bridgehead atoms. The van der Waals surface area contributed by atoms with Crippen LogP contribution in [0, 0.1) is 0 Å². The van der Waals surface area contributed by atoms with Gasteiger partial charge in [0.2, 0.25) is 0 Å². The van der Waals surface area contributed by atoms with Gasteiger partial charge in [-0.25, -0.2) is 0 Å². The lowest BCUT2D eigenvalue weighted by Crippen LogP contribution is -2.18. The summed E-state index contributed by atoms with van der Waals surface area (Å²) >= 11 is 3.38. The summed E-state index contributed by atoms with van der Waals surface area (Å²) in [5.41, 5.74) is 6.80. The van der Waals surface area contributed by atoms with Crippen LogP contribution in [0.4, 0.5) is 0 Å². The standard InChI is InChI=1S/C13H16BrN3O2/c1-2-7-18-8-11(15)12-16-13(19-17-12)9-3-5-10(14)6-4-9/h3-6,11H,2,7-8,15H2,1H3. The molecule has 102 valence electrons. The smallest absolute Gasteiger partial charge is 0.257 e. The zero-order valence-corrected chi connectivity index (χ0v) is 12.3. The first kappa shape index (κ1) is 14.2. The summed E-state index contributed by atoms with van der Waals surface area (Å²) in [5.74, 6) is 0.933. The predicted molar refractivity (Wildman–Crippen MR) is 75.5 cm³/mol. The third-order valence-electron chi connectivity index (χ3n) is 2.51. The van der Waals surface area contributed by atoms with E-state index in [9.17, 15) is 0 Å². The molecule has 2 rings (SSSR count). The van der Waals surface area contributed by atoms with E-state index in [-0.39, 0.29) is 6.04 Å². The molecule has 1 aromatic heterocycles. The molecule has 0 spiro atoms. The normalized spacial score (nSPS) is 12.6. The van der Waals surface area contributed by atoms with Crippen molar-refractivity contribution in [1.29, 1.82) is 0 Å². The molecule has 0 aliphatic rings. The Morgan fingerprint density at radius 3 is 2.79 bits per heavy atom. The van der Waals surface area contributed by atoms with Gasteiger partial charge in [-0.2, -0.15) is 4.98 Å². The number of nitrogens with zero attached hydrogens (tertiary/aromatic N) is 2. The molecule has 0 fully saturated rings. The van der Waals surface area contributed by atoms with Crippen LogP contribution in [0.25, 0.3) is 11.5 Å². The van der Waals surface area contributed by atoms with Crippen molar-refractivity contribution in [2.75, 3.05) is 13.2 Å². The van der Waals surface area contributed by atoms with Gasteiger partial charge in [0.1, 0.15) is 0 Å². The summed E-state index contributed by atoms with van der Waals surface area (Å²) in [4.78, 5) is 4.29. The number of benzene rings is 1. The van der Waals surface area contributed by atoms with Crippen LogP contribution >= 0.6 is 15.9 Å². The number of halogens is 1. The predicted octanol–water partition coefficient (Wildman–Crippen LogP) is 2.93. The van der Waals surface area contributed by atoms with E-state index in [2.05, 4.69) is 26.1 Å². The molecule has 0 saturated carbocycles. The van der Waals surface area contributed by atoms with Gasteiger partial charge in [-0.1, -0.05) is 28.0 Å². The third-order valence-corrected chi connectivity index (χ3v) is 3.04. The molecule has 0 aliphatic heterocycles. The van der Waals surface area contributed by atoms with Crippen molar-refractivity contribution < 1.29 is 9.26 Å².